The summed E-state index contributed by atoms with van der Waals surface area (Å²) in [7, 11) is -4.09. The van der Waals surface area contributed by atoms with E-state index in [9.17, 15) is 5.11 Å². The van der Waals surface area contributed by atoms with E-state index in [1.165, 1.54) is 0 Å². The second-order valence-corrected chi connectivity index (χ2v) is 22.2. The van der Waals surface area contributed by atoms with E-state index in [2.05, 4.69) is 81.5 Å². The number of hydrogen-bond acceptors (Lipinski definition) is 4. The van der Waals surface area contributed by atoms with Crippen LogP contribution in [0.25, 0.3) is 0 Å². The molecule has 1 aliphatic heterocycles. The predicted octanol–water partition coefficient (Wildman–Crippen LogP) is 6.77. The molecule has 0 aromatic carbocycles. The first-order valence-corrected chi connectivity index (χ1v) is 17.0. The van der Waals surface area contributed by atoms with E-state index in [-0.39, 0.29) is 17.2 Å². The van der Waals surface area contributed by atoms with Gasteiger partial charge in [0.2, 0.25) is 8.32 Å². The Labute approximate surface area is 188 Å². The Balaban J connectivity index is 2.41. The van der Waals surface area contributed by atoms with Crippen molar-refractivity contribution in [3.8, 4) is 0 Å². The molecule has 0 aromatic heterocycles. The quantitative estimate of drug-likeness (QED) is 0.410. The predicted molar refractivity (Wildman–Crippen MR) is 131 cm³/mol. The lowest BCUT2D eigenvalue weighted by Gasteiger charge is -2.49. The van der Waals surface area contributed by atoms with Gasteiger partial charge < -0.3 is 18.7 Å². The summed E-state index contributed by atoms with van der Waals surface area (Å²) in [5, 5.41) is 11.0. The molecule has 6 heteroatoms. The molecule has 176 valence electrons. The van der Waals surface area contributed by atoms with Gasteiger partial charge in [0.15, 0.2) is 8.32 Å². The zero-order chi connectivity index (χ0) is 23.1. The van der Waals surface area contributed by atoms with Gasteiger partial charge in [0.25, 0.3) is 0 Å². The van der Waals surface area contributed by atoms with E-state index >= 15 is 0 Å². The summed E-state index contributed by atoms with van der Waals surface area (Å²) in [4.78, 5) is 0. The molecule has 4 nitrogen and oxygen atoms in total. The van der Waals surface area contributed by atoms with Gasteiger partial charge in [-0.05, 0) is 60.1 Å². The van der Waals surface area contributed by atoms with Crippen LogP contribution in [-0.2, 0) is 13.6 Å². The first kappa shape index (κ1) is 26.1. The summed E-state index contributed by atoms with van der Waals surface area (Å²) < 4.78 is 20.2. The minimum Gasteiger partial charge on any atom is -0.492 e. The Hall–Kier alpha value is -0.146. The number of rotatable bonds is 8. The third-order valence-electron chi connectivity index (χ3n) is 8.02. The molecule has 2 aliphatic rings. The molecular formula is C24H48O4Si2. The Morgan fingerprint density at radius 2 is 1.50 bits per heavy atom. The molecule has 0 bridgehead atoms. The summed E-state index contributed by atoms with van der Waals surface area (Å²) >= 11 is 0. The van der Waals surface area contributed by atoms with Gasteiger partial charge in [0.1, 0.15) is 24.1 Å². The highest BCUT2D eigenvalue weighted by Crippen LogP contribution is 2.46. The molecule has 0 spiro atoms. The summed E-state index contributed by atoms with van der Waals surface area (Å²) in [6.07, 6.45) is 4.38. The van der Waals surface area contributed by atoms with Crippen molar-refractivity contribution in [2.24, 2.45) is 0 Å². The number of aliphatic hydroxyl groups is 1. The van der Waals surface area contributed by atoms with Gasteiger partial charge >= 0.3 is 0 Å². The van der Waals surface area contributed by atoms with Crippen LogP contribution in [0.4, 0.5) is 0 Å². The molecule has 1 fully saturated rings. The number of ether oxygens (including phenoxy) is 1. The van der Waals surface area contributed by atoms with Gasteiger partial charge in [0.05, 0.1) is 6.10 Å². The zero-order valence-corrected chi connectivity index (χ0v) is 23.5. The number of hydrogen-bond donors (Lipinski definition) is 1. The standard InChI is InChI=1S/C24H48O4Si2/c1-17(2)30(18(3)4,19(5)6)28-21-16-26-22(24(25)13-12-14-24)15-20(21)27-29(10,11)23(7,8)9/h15,17-21,25H,12-14,16H2,1-11H3/t20-,21-/m1/s1. The second kappa shape index (κ2) is 9.01. The maximum absolute atomic E-state index is 10.9. The zero-order valence-electron chi connectivity index (χ0n) is 21.5. The molecular weight excluding hydrogens is 408 g/mol. The Kier molecular flexibility index (Phi) is 7.84. The highest BCUT2D eigenvalue weighted by Gasteiger charge is 2.51. The fourth-order valence-electron chi connectivity index (χ4n) is 5.02. The summed E-state index contributed by atoms with van der Waals surface area (Å²) in [5.41, 5.74) is 0.717. The van der Waals surface area contributed by atoms with Crippen molar-refractivity contribution >= 4 is 16.6 Å². The molecule has 1 N–H and O–H groups in total. The summed E-state index contributed by atoms with van der Waals surface area (Å²) in [6.45, 7) is 25.8. The van der Waals surface area contributed by atoms with Gasteiger partial charge in [0, 0.05) is 0 Å². The molecule has 1 aliphatic carbocycles. The Morgan fingerprint density at radius 3 is 1.87 bits per heavy atom. The molecule has 2 rings (SSSR count). The monoisotopic (exact) mass is 456 g/mol. The van der Waals surface area contributed by atoms with Crippen LogP contribution in [0.3, 0.4) is 0 Å². The molecule has 1 saturated carbocycles. The van der Waals surface area contributed by atoms with Crippen LogP contribution >= 0.6 is 0 Å². The highest BCUT2D eigenvalue weighted by atomic mass is 28.4. The van der Waals surface area contributed by atoms with Crippen LogP contribution in [0.1, 0.15) is 81.6 Å². The average Bonchev–Trinajstić information content (AvgIpc) is 2.56. The Bertz CT molecular complexity index is 593. The van der Waals surface area contributed by atoms with Gasteiger partial charge in [-0.3, -0.25) is 0 Å². The van der Waals surface area contributed by atoms with Crippen LogP contribution in [0.5, 0.6) is 0 Å². The van der Waals surface area contributed by atoms with Gasteiger partial charge in [-0.2, -0.15) is 0 Å². The molecule has 2 atom stereocenters. The van der Waals surface area contributed by atoms with Gasteiger partial charge in [-0.15, -0.1) is 0 Å². The van der Waals surface area contributed by atoms with Crippen molar-refractivity contribution in [3.05, 3.63) is 11.8 Å². The lowest BCUT2D eigenvalue weighted by Crippen LogP contribution is -2.57. The SMILES string of the molecule is CC(C)[Si](O[C@@H]1COC(C2(O)CCC2)=C[C@H]1O[Si](C)(C)C(C)(C)C)(C(C)C)C(C)C. The van der Waals surface area contributed by atoms with E-state index < -0.39 is 22.2 Å². The average molecular weight is 457 g/mol. The minimum atomic E-state index is -2.08. The third kappa shape index (κ3) is 4.93. The summed E-state index contributed by atoms with van der Waals surface area (Å²) in [5.74, 6) is 0.711. The maximum Gasteiger partial charge on any atom is 0.201 e. The minimum absolute atomic E-state index is 0.111. The smallest absolute Gasteiger partial charge is 0.201 e. The lowest BCUT2D eigenvalue weighted by atomic mass is 9.78. The molecule has 0 amide bonds. The second-order valence-electron chi connectivity index (χ2n) is 12.0. The van der Waals surface area contributed by atoms with E-state index in [1.54, 1.807) is 0 Å². The van der Waals surface area contributed by atoms with E-state index in [0.29, 0.717) is 29.0 Å². The van der Waals surface area contributed by atoms with Crippen molar-refractivity contribution in [2.45, 2.75) is 134 Å². The molecule has 0 radical (unpaired) electrons. The lowest BCUT2D eigenvalue weighted by molar-refractivity contribution is -0.0822. The van der Waals surface area contributed by atoms with E-state index in [4.69, 9.17) is 13.6 Å². The van der Waals surface area contributed by atoms with Crippen LogP contribution in [0.15, 0.2) is 11.8 Å². The van der Waals surface area contributed by atoms with E-state index in [0.717, 1.165) is 19.3 Å². The van der Waals surface area contributed by atoms with Gasteiger partial charge in [-0.1, -0.05) is 62.3 Å². The Morgan fingerprint density at radius 1 is 1.00 bits per heavy atom. The summed E-state index contributed by atoms with van der Waals surface area (Å²) in [6, 6.07) is 0. The first-order chi connectivity index (χ1) is 13.6. The van der Waals surface area contributed by atoms with Crippen molar-refractivity contribution < 1.29 is 18.7 Å². The van der Waals surface area contributed by atoms with Crippen molar-refractivity contribution in [2.75, 3.05) is 6.61 Å². The van der Waals surface area contributed by atoms with Crippen molar-refractivity contribution in [1.82, 2.24) is 0 Å². The fourth-order valence-corrected chi connectivity index (χ4v) is 11.8. The van der Waals surface area contributed by atoms with Crippen LogP contribution in [0, 0.1) is 0 Å². The van der Waals surface area contributed by atoms with Gasteiger partial charge in [-0.25, -0.2) is 0 Å². The first-order valence-electron chi connectivity index (χ1n) is 12.0. The van der Waals surface area contributed by atoms with Crippen LogP contribution in [-0.4, -0.2) is 46.2 Å². The topological polar surface area (TPSA) is 47.9 Å². The third-order valence-corrected chi connectivity index (χ3v) is 18.6. The maximum atomic E-state index is 10.9. The van der Waals surface area contributed by atoms with E-state index in [1.807, 2.05) is 0 Å². The van der Waals surface area contributed by atoms with Crippen molar-refractivity contribution in [1.29, 1.82) is 0 Å². The fraction of sp³-hybridized carbons (Fsp3) is 0.917. The molecule has 0 aromatic rings. The normalized spacial score (nSPS) is 25.4. The molecule has 1 heterocycles. The van der Waals surface area contributed by atoms with Crippen molar-refractivity contribution in [3.63, 3.8) is 0 Å². The molecule has 0 unspecified atom stereocenters. The van der Waals surface area contributed by atoms with Crippen LogP contribution < -0.4 is 0 Å². The molecule has 0 saturated heterocycles. The highest BCUT2D eigenvalue weighted by molar-refractivity contribution is 6.77. The van der Waals surface area contributed by atoms with Crippen LogP contribution in [0.2, 0.25) is 34.8 Å². The molecule has 30 heavy (non-hydrogen) atoms. The largest absolute Gasteiger partial charge is 0.492 e.